The van der Waals surface area contributed by atoms with Gasteiger partial charge in [0.15, 0.2) is 0 Å². The normalized spacial score (nSPS) is 26.2. The zero-order valence-electron chi connectivity index (χ0n) is 10.8. The molecular weight excluding hydrogens is 216 g/mol. The van der Waals surface area contributed by atoms with E-state index in [0.29, 0.717) is 5.41 Å². The molecule has 0 amide bonds. The van der Waals surface area contributed by atoms with Crippen molar-refractivity contribution < 1.29 is 0 Å². The van der Waals surface area contributed by atoms with Crippen LogP contribution < -0.4 is 0 Å². The van der Waals surface area contributed by atoms with E-state index in [9.17, 15) is 0 Å². The van der Waals surface area contributed by atoms with Crippen molar-refractivity contribution in [1.82, 2.24) is 9.80 Å². The number of rotatable bonds is 5. The van der Waals surface area contributed by atoms with E-state index < -0.39 is 0 Å². The van der Waals surface area contributed by atoms with Gasteiger partial charge in [-0.1, -0.05) is 0 Å². The maximum absolute atomic E-state index is 4.48. The molecule has 1 aliphatic heterocycles. The lowest BCUT2D eigenvalue weighted by Gasteiger charge is -2.32. The van der Waals surface area contributed by atoms with Crippen LogP contribution in [-0.2, 0) is 0 Å². The molecule has 2 fully saturated rings. The van der Waals surface area contributed by atoms with Gasteiger partial charge >= 0.3 is 0 Å². The van der Waals surface area contributed by atoms with E-state index in [2.05, 4.69) is 36.5 Å². The smallest absolute Gasteiger partial charge is 0.00429 e. The molecule has 1 heterocycles. The van der Waals surface area contributed by atoms with Crippen molar-refractivity contribution >= 4 is 12.6 Å². The molecule has 1 aliphatic carbocycles. The zero-order chi connectivity index (χ0) is 11.6. The van der Waals surface area contributed by atoms with Crippen LogP contribution >= 0.6 is 12.6 Å². The second-order valence-electron chi connectivity index (χ2n) is 6.10. The Morgan fingerprint density at radius 1 is 1.31 bits per heavy atom. The SMILES string of the molecule is CN1CCC(CN(C)CC2(CS)CC2)CC1. The minimum Gasteiger partial charge on any atom is -0.306 e. The summed E-state index contributed by atoms with van der Waals surface area (Å²) in [6.45, 7) is 5.14. The Balaban J connectivity index is 1.69. The molecule has 2 aliphatic rings. The molecule has 0 bridgehead atoms. The molecule has 0 N–H and O–H groups in total. The number of piperidine rings is 1. The number of likely N-dealkylation sites (tertiary alicyclic amines) is 1. The molecule has 2 rings (SSSR count). The summed E-state index contributed by atoms with van der Waals surface area (Å²) in [6.07, 6.45) is 5.56. The highest BCUT2D eigenvalue weighted by atomic mass is 32.1. The van der Waals surface area contributed by atoms with Crippen LogP contribution in [0.5, 0.6) is 0 Å². The summed E-state index contributed by atoms with van der Waals surface area (Å²) in [7, 11) is 4.53. The van der Waals surface area contributed by atoms with Crippen LogP contribution in [-0.4, -0.2) is 55.8 Å². The van der Waals surface area contributed by atoms with Crippen molar-refractivity contribution in [2.75, 3.05) is 46.0 Å². The third-order valence-corrected chi connectivity index (χ3v) is 4.98. The third-order valence-electron chi connectivity index (χ3n) is 4.31. The Morgan fingerprint density at radius 3 is 2.44 bits per heavy atom. The van der Waals surface area contributed by atoms with E-state index >= 15 is 0 Å². The van der Waals surface area contributed by atoms with E-state index in [0.717, 1.165) is 11.7 Å². The molecule has 0 aromatic rings. The Morgan fingerprint density at radius 2 is 1.94 bits per heavy atom. The number of thiol groups is 1. The van der Waals surface area contributed by atoms with Gasteiger partial charge in [0.2, 0.25) is 0 Å². The number of hydrogen-bond donors (Lipinski definition) is 1. The number of nitrogens with zero attached hydrogens (tertiary/aromatic N) is 2. The molecular formula is C13H26N2S. The predicted octanol–water partition coefficient (Wildman–Crippen LogP) is 1.97. The highest BCUT2D eigenvalue weighted by molar-refractivity contribution is 7.80. The van der Waals surface area contributed by atoms with Gasteiger partial charge in [0.25, 0.3) is 0 Å². The Labute approximate surface area is 106 Å². The maximum atomic E-state index is 4.48. The predicted molar refractivity (Wildman–Crippen MR) is 73.2 cm³/mol. The van der Waals surface area contributed by atoms with E-state index in [1.165, 1.54) is 51.9 Å². The van der Waals surface area contributed by atoms with Crippen molar-refractivity contribution in [3.63, 3.8) is 0 Å². The highest BCUT2D eigenvalue weighted by Gasteiger charge is 2.42. The van der Waals surface area contributed by atoms with Gasteiger partial charge in [0, 0.05) is 13.1 Å². The van der Waals surface area contributed by atoms with E-state index in [1.807, 2.05) is 0 Å². The van der Waals surface area contributed by atoms with Gasteiger partial charge in [-0.2, -0.15) is 12.6 Å². The fraction of sp³-hybridized carbons (Fsp3) is 1.00. The largest absolute Gasteiger partial charge is 0.306 e. The van der Waals surface area contributed by atoms with Gasteiger partial charge < -0.3 is 9.80 Å². The zero-order valence-corrected chi connectivity index (χ0v) is 11.7. The lowest BCUT2D eigenvalue weighted by Crippen LogP contribution is -2.37. The minimum atomic E-state index is 0.587. The van der Waals surface area contributed by atoms with Gasteiger partial charge in [0.1, 0.15) is 0 Å². The van der Waals surface area contributed by atoms with Crippen molar-refractivity contribution in [2.24, 2.45) is 11.3 Å². The molecule has 1 saturated heterocycles. The lowest BCUT2D eigenvalue weighted by atomic mass is 9.96. The second-order valence-corrected chi connectivity index (χ2v) is 6.42. The standard InChI is InChI=1S/C13H26N2S/c1-14-7-3-12(4-8-14)9-15(2)10-13(11-16)5-6-13/h12,16H,3-11H2,1-2H3. The molecule has 0 aromatic heterocycles. The topological polar surface area (TPSA) is 6.48 Å². The van der Waals surface area contributed by atoms with Gasteiger partial charge in [-0.25, -0.2) is 0 Å². The molecule has 1 saturated carbocycles. The highest BCUT2D eigenvalue weighted by Crippen LogP contribution is 2.46. The van der Waals surface area contributed by atoms with Crippen molar-refractivity contribution in [2.45, 2.75) is 25.7 Å². The van der Waals surface area contributed by atoms with E-state index in [-0.39, 0.29) is 0 Å². The lowest BCUT2D eigenvalue weighted by molar-refractivity contribution is 0.165. The summed E-state index contributed by atoms with van der Waals surface area (Å²) in [5.41, 5.74) is 0.587. The molecule has 3 heteroatoms. The van der Waals surface area contributed by atoms with Crippen molar-refractivity contribution in [1.29, 1.82) is 0 Å². The first-order valence-corrected chi connectivity index (χ1v) is 7.25. The molecule has 94 valence electrons. The van der Waals surface area contributed by atoms with Crippen LogP contribution in [0.25, 0.3) is 0 Å². The summed E-state index contributed by atoms with van der Waals surface area (Å²) in [5.74, 6) is 2.00. The third kappa shape index (κ3) is 3.38. The Kier molecular flexibility index (Phi) is 4.20. The van der Waals surface area contributed by atoms with Crippen LogP contribution in [0.2, 0.25) is 0 Å². The first-order valence-electron chi connectivity index (χ1n) is 6.61. The van der Waals surface area contributed by atoms with E-state index in [4.69, 9.17) is 0 Å². The van der Waals surface area contributed by atoms with Crippen LogP contribution in [0.3, 0.4) is 0 Å². The molecule has 0 unspecified atom stereocenters. The summed E-state index contributed by atoms with van der Waals surface area (Å²) in [5, 5.41) is 0. The fourth-order valence-corrected chi connectivity index (χ4v) is 3.28. The minimum absolute atomic E-state index is 0.587. The van der Waals surface area contributed by atoms with Crippen LogP contribution in [0, 0.1) is 11.3 Å². The first-order chi connectivity index (χ1) is 7.63. The molecule has 0 spiro atoms. The Hall–Kier alpha value is 0.270. The Bertz CT molecular complexity index is 220. The van der Waals surface area contributed by atoms with Gasteiger partial charge in [0.05, 0.1) is 0 Å². The second kappa shape index (κ2) is 5.28. The summed E-state index contributed by atoms with van der Waals surface area (Å²) in [6, 6.07) is 0. The quantitative estimate of drug-likeness (QED) is 0.737. The van der Waals surface area contributed by atoms with Crippen molar-refractivity contribution in [3.05, 3.63) is 0 Å². The van der Waals surface area contributed by atoms with Gasteiger partial charge in [-0.05, 0) is 70.0 Å². The molecule has 0 aromatic carbocycles. The molecule has 0 atom stereocenters. The monoisotopic (exact) mass is 242 g/mol. The summed E-state index contributed by atoms with van der Waals surface area (Å²) >= 11 is 4.48. The number of hydrogen-bond acceptors (Lipinski definition) is 3. The molecule has 2 nitrogen and oxygen atoms in total. The maximum Gasteiger partial charge on any atom is 0.00429 e. The summed E-state index contributed by atoms with van der Waals surface area (Å²) < 4.78 is 0. The fourth-order valence-electron chi connectivity index (χ4n) is 2.87. The summed E-state index contributed by atoms with van der Waals surface area (Å²) in [4.78, 5) is 5.01. The van der Waals surface area contributed by atoms with Crippen molar-refractivity contribution in [3.8, 4) is 0 Å². The van der Waals surface area contributed by atoms with Gasteiger partial charge in [-0.3, -0.25) is 0 Å². The molecule has 16 heavy (non-hydrogen) atoms. The van der Waals surface area contributed by atoms with Gasteiger partial charge in [-0.15, -0.1) is 0 Å². The van der Waals surface area contributed by atoms with Crippen LogP contribution in [0.15, 0.2) is 0 Å². The van der Waals surface area contributed by atoms with Crippen LogP contribution in [0.1, 0.15) is 25.7 Å². The average molecular weight is 242 g/mol. The average Bonchev–Trinajstić information content (AvgIpc) is 3.02. The first kappa shape index (κ1) is 12.7. The van der Waals surface area contributed by atoms with Crippen LogP contribution in [0.4, 0.5) is 0 Å². The molecule has 0 radical (unpaired) electrons. The van der Waals surface area contributed by atoms with E-state index in [1.54, 1.807) is 0 Å².